The normalized spacial score (nSPS) is 10.6. The van der Waals surface area contributed by atoms with Gasteiger partial charge in [0.15, 0.2) is 23.0 Å². The van der Waals surface area contributed by atoms with Gasteiger partial charge in [0.25, 0.3) is 0 Å². The smallest absolute Gasteiger partial charge is 0.311 e. The van der Waals surface area contributed by atoms with Crippen LogP contribution in [0.1, 0.15) is 32.6 Å². The molecule has 0 aliphatic heterocycles. The Morgan fingerprint density at radius 2 is 1.48 bits per heavy atom. The first-order valence-corrected chi connectivity index (χ1v) is 11.4. The molecule has 0 atom stereocenters. The highest BCUT2D eigenvalue weighted by Gasteiger charge is 2.19. The number of hydrogen-bond acceptors (Lipinski definition) is 4. The van der Waals surface area contributed by atoms with E-state index in [9.17, 15) is 4.79 Å². The number of benzene rings is 2. The van der Waals surface area contributed by atoms with Gasteiger partial charge in [-0.2, -0.15) is 0 Å². The summed E-state index contributed by atoms with van der Waals surface area (Å²) in [5.41, 5.74) is 0. The number of ether oxygens (including phenoxy) is 3. The molecule has 8 heteroatoms. The summed E-state index contributed by atoms with van der Waals surface area (Å²) in [6, 6.07) is 7.17. The fourth-order valence-electron chi connectivity index (χ4n) is 2.33. The number of carbonyl (C=O) groups excluding carboxylic acids is 1. The van der Waals surface area contributed by atoms with Gasteiger partial charge in [0.2, 0.25) is 0 Å². The third kappa shape index (κ3) is 6.48. The molecule has 0 heterocycles. The van der Waals surface area contributed by atoms with Crippen LogP contribution in [-0.4, -0.2) is 13.1 Å². The van der Waals surface area contributed by atoms with Crippen LogP contribution in [0.15, 0.2) is 42.2 Å². The average molecular weight is 630 g/mol. The third-order valence-electron chi connectivity index (χ3n) is 3.57. The minimum Gasteiger partial charge on any atom is -0.492 e. The summed E-state index contributed by atoms with van der Waals surface area (Å²) in [4.78, 5) is 12.2. The summed E-state index contributed by atoms with van der Waals surface area (Å²) in [5, 5.41) is 0. The third-order valence-corrected chi connectivity index (χ3v) is 5.67. The molecule has 0 aromatic heterocycles. The Morgan fingerprint density at radius 1 is 0.889 bits per heavy atom. The van der Waals surface area contributed by atoms with Crippen LogP contribution in [0, 0.1) is 0 Å². The standard InChI is InChI=1S/C19H18Br4O4/c1-3-4-5-6-17(24)26-16-10-12(21)8-14(23)19(16)27-15-9-11(20)7-13(22)18(15)25-2/h7-10H,3-6H2,1-2H3. The number of esters is 1. The molecule has 0 unspecified atom stereocenters. The second kappa shape index (κ2) is 10.8. The van der Waals surface area contributed by atoms with Gasteiger partial charge < -0.3 is 14.2 Å². The van der Waals surface area contributed by atoms with E-state index in [2.05, 4.69) is 70.6 Å². The lowest BCUT2D eigenvalue weighted by Crippen LogP contribution is -2.08. The highest BCUT2D eigenvalue weighted by molar-refractivity contribution is 9.11. The first-order valence-electron chi connectivity index (χ1n) is 8.26. The van der Waals surface area contributed by atoms with Gasteiger partial charge in [0.05, 0.1) is 16.1 Å². The van der Waals surface area contributed by atoms with Crippen molar-refractivity contribution in [2.24, 2.45) is 0 Å². The molecule has 0 bridgehead atoms. The summed E-state index contributed by atoms with van der Waals surface area (Å²) >= 11 is 13.8. The van der Waals surface area contributed by atoms with Crippen LogP contribution < -0.4 is 14.2 Å². The maximum atomic E-state index is 12.2. The quantitative estimate of drug-likeness (QED) is 0.169. The van der Waals surface area contributed by atoms with E-state index in [1.807, 2.05) is 12.1 Å². The Morgan fingerprint density at radius 3 is 2.07 bits per heavy atom. The van der Waals surface area contributed by atoms with Crippen molar-refractivity contribution in [3.05, 3.63) is 42.2 Å². The molecule has 0 N–H and O–H groups in total. The van der Waals surface area contributed by atoms with Crippen LogP contribution >= 0.6 is 63.7 Å². The number of halogens is 4. The van der Waals surface area contributed by atoms with Gasteiger partial charge in [0.1, 0.15) is 0 Å². The van der Waals surface area contributed by atoms with Gasteiger partial charge in [-0.05, 0) is 62.5 Å². The minimum atomic E-state index is -0.291. The zero-order valence-corrected chi connectivity index (χ0v) is 21.1. The molecule has 0 saturated carbocycles. The SMILES string of the molecule is CCCCCC(=O)Oc1cc(Br)cc(Br)c1Oc1cc(Br)cc(Br)c1OC. The van der Waals surface area contributed by atoms with Crippen LogP contribution in [0.5, 0.6) is 23.0 Å². The Labute approximate surface area is 192 Å². The van der Waals surface area contributed by atoms with Gasteiger partial charge >= 0.3 is 5.97 Å². The molecule has 4 nitrogen and oxygen atoms in total. The predicted molar refractivity (Wildman–Crippen MR) is 120 cm³/mol. The molecule has 0 aliphatic rings. The summed E-state index contributed by atoms with van der Waals surface area (Å²) in [6.07, 6.45) is 3.20. The number of hydrogen-bond donors (Lipinski definition) is 0. The van der Waals surface area contributed by atoms with Crippen LogP contribution in [0.4, 0.5) is 0 Å². The zero-order valence-electron chi connectivity index (χ0n) is 14.8. The van der Waals surface area contributed by atoms with Crippen molar-refractivity contribution in [1.82, 2.24) is 0 Å². The summed E-state index contributed by atoms with van der Waals surface area (Å²) < 4.78 is 20.0. The zero-order chi connectivity index (χ0) is 20.0. The van der Waals surface area contributed by atoms with Crippen molar-refractivity contribution in [3.63, 3.8) is 0 Å². The van der Waals surface area contributed by atoms with E-state index in [0.29, 0.717) is 33.9 Å². The highest BCUT2D eigenvalue weighted by atomic mass is 79.9. The number of carbonyl (C=O) groups is 1. The Kier molecular flexibility index (Phi) is 9.11. The number of methoxy groups -OCH3 is 1. The van der Waals surface area contributed by atoms with E-state index in [0.717, 1.165) is 32.7 Å². The lowest BCUT2D eigenvalue weighted by atomic mass is 10.2. The number of rotatable bonds is 8. The van der Waals surface area contributed by atoms with E-state index in [4.69, 9.17) is 14.2 Å². The van der Waals surface area contributed by atoms with Crippen molar-refractivity contribution in [2.45, 2.75) is 32.6 Å². The molecular formula is C19H18Br4O4. The van der Waals surface area contributed by atoms with Crippen molar-refractivity contribution in [1.29, 1.82) is 0 Å². The largest absolute Gasteiger partial charge is 0.492 e. The van der Waals surface area contributed by atoms with E-state index in [-0.39, 0.29) is 5.97 Å². The monoisotopic (exact) mass is 626 g/mol. The topological polar surface area (TPSA) is 44.8 Å². The molecular weight excluding hydrogens is 612 g/mol. The molecule has 0 spiro atoms. The lowest BCUT2D eigenvalue weighted by Gasteiger charge is -2.16. The summed E-state index contributed by atoms with van der Waals surface area (Å²) in [5.74, 6) is 1.44. The second-order valence-corrected chi connectivity index (χ2v) is 9.21. The molecule has 0 aliphatic carbocycles. The molecule has 2 aromatic carbocycles. The first kappa shape index (κ1) is 22.7. The van der Waals surface area contributed by atoms with Gasteiger partial charge in [-0.1, -0.05) is 51.6 Å². The van der Waals surface area contributed by atoms with Crippen molar-refractivity contribution in [2.75, 3.05) is 7.11 Å². The average Bonchev–Trinajstić information content (AvgIpc) is 2.57. The predicted octanol–water partition coefficient (Wildman–Crippen LogP) is 8.02. The summed E-state index contributed by atoms with van der Waals surface area (Å²) in [7, 11) is 1.56. The van der Waals surface area contributed by atoms with Gasteiger partial charge in [-0.15, -0.1) is 0 Å². The maximum Gasteiger partial charge on any atom is 0.311 e. The van der Waals surface area contributed by atoms with E-state index < -0.39 is 0 Å². The van der Waals surface area contributed by atoms with Gasteiger partial charge in [-0.3, -0.25) is 4.79 Å². The molecule has 2 rings (SSSR count). The minimum absolute atomic E-state index is 0.291. The maximum absolute atomic E-state index is 12.2. The first-order chi connectivity index (χ1) is 12.8. The van der Waals surface area contributed by atoms with Crippen LogP contribution in [0.3, 0.4) is 0 Å². The highest BCUT2D eigenvalue weighted by Crippen LogP contribution is 2.46. The fraction of sp³-hybridized carbons (Fsp3) is 0.316. The van der Waals surface area contributed by atoms with Gasteiger partial charge in [0, 0.05) is 15.4 Å². The van der Waals surface area contributed by atoms with Crippen LogP contribution in [0.25, 0.3) is 0 Å². The molecule has 0 saturated heterocycles. The van der Waals surface area contributed by atoms with Crippen molar-refractivity contribution >= 4 is 69.7 Å². The molecule has 0 amide bonds. The molecule has 0 fully saturated rings. The van der Waals surface area contributed by atoms with Crippen LogP contribution in [0.2, 0.25) is 0 Å². The molecule has 2 aromatic rings. The molecule has 27 heavy (non-hydrogen) atoms. The Hall–Kier alpha value is -0.570. The fourth-order valence-corrected chi connectivity index (χ4v) is 4.94. The van der Waals surface area contributed by atoms with Crippen molar-refractivity contribution < 1.29 is 19.0 Å². The molecule has 0 radical (unpaired) electrons. The van der Waals surface area contributed by atoms with Crippen molar-refractivity contribution in [3.8, 4) is 23.0 Å². The Bertz CT molecular complexity index is 824. The van der Waals surface area contributed by atoms with E-state index >= 15 is 0 Å². The van der Waals surface area contributed by atoms with Crippen LogP contribution in [-0.2, 0) is 4.79 Å². The van der Waals surface area contributed by atoms with E-state index in [1.54, 1.807) is 19.2 Å². The summed E-state index contributed by atoms with van der Waals surface area (Å²) in [6.45, 7) is 2.09. The molecule has 146 valence electrons. The Balaban J connectivity index is 2.36. The number of unbranched alkanes of at least 4 members (excludes halogenated alkanes) is 2. The lowest BCUT2D eigenvalue weighted by molar-refractivity contribution is -0.134. The van der Waals surface area contributed by atoms with E-state index in [1.165, 1.54) is 0 Å². The second-order valence-electron chi connectivity index (χ2n) is 5.67. The van der Waals surface area contributed by atoms with Gasteiger partial charge in [-0.25, -0.2) is 0 Å².